The second kappa shape index (κ2) is 2.60. The third-order valence-corrected chi connectivity index (χ3v) is 1.97. The highest BCUT2D eigenvalue weighted by atomic mass is 32.1. The summed E-state index contributed by atoms with van der Waals surface area (Å²) in [5, 5.41) is 7.95. The molecule has 0 aromatic rings. The number of thiol groups is 1. The Morgan fingerprint density at radius 3 is 2.67 bits per heavy atom. The fourth-order valence-electron chi connectivity index (χ4n) is 0.770. The van der Waals surface area contributed by atoms with Gasteiger partial charge < -0.3 is 5.11 Å². The van der Waals surface area contributed by atoms with Gasteiger partial charge in [0.2, 0.25) is 0 Å². The Labute approximate surface area is 59.7 Å². The van der Waals surface area contributed by atoms with E-state index < -0.39 is 11.2 Å². The van der Waals surface area contributed by atoms with Gasteiger partial charge in [0.05, 0.1) is 5.25 Å². The molecular formula is C6H10O2S. The van der Waals surface area contributed by atoms with Crippen LogP contribution in [0.2, 0.25) is 0 Å². The van der Waals surface area contributed by atoms with Gasteiger partial charge in [-0.25, -0.2) is 0 Å². The van der Waals surface area contributed by atoms with Crippen LogP contribution in [0.5, 0.6) is 0 Å². The summed E-state index contributed by atoms with van der Waals surface area (Å²) in [5.41, 5.74) is 0. The molecule has 1 atom stereocenters. The summed E-state index contributed by atoms with van der Waals surface area (Å²) in [6.07, 6.45) is 3.15. The molecule has 0 bridgehead atoms. The van der Waals surface area contributed by atoms with Crippen molar-refractivity contribution >= 4 is 18.6 Å². The summed E-state index contributed by atoms with van der Waals surface area (Å²) in [5.74, 6) is -0.131. The van der Waals surface area contributed by atoms with E-state index in [4.69, 9.17) is 5.11 Å². The molecule has 0 aliphatic heterocycles. The first kappa shape index (κ1) is 6.93. The van der Waals surface area contributed by atoms with Crippen LogP contribution in [0, 0.1) is 5.92 Å². The number of carboxylic acids is 1. The van der Waals surface area contributed by atoms with E-state index in [1.54, 1.807) is 0 Å². The van der Waals surface area contributed by atoms with Crippen molar-refractivity contribution in [3.63, 3.8) is 0 Å². The van der Waals surface area contributed by atoms with Gasteiger partial charge in [-0.05, 0) is 12.3 Å². The van der Waals surface area contributed by atoms with Gasteiger partial charge in [-0.1, -0.05) is 12.8 Å². The largest absolute Gasteiger partial charge is 0.480 e. The van der Waals surface area contributed by atoms with E-state index in [2.05, 4.69) is 12.6 Å². The molecule has 0 saturated heterocycles. The van der Waals surface area contributed by atoms with Gasteiger partial charge in [-0.2, -0.15) is 12.6 Å². The first-order valence-electron chi connectivity index (χ1n) is 3.11. The lowest BCUT2D eigenvalue weighted by Crippen LogP contribution is -2.13. The van der Waals surface area contributed by atoms with E-state index in [1.165, 1.54) is 12.8 Å². The lowest BCUT2D eigenvalue weighted by molar-refractivity contribution is -0.136. The van der Waals surface area contributed by atoms with Gasteiger partial charge in [0, 0.05) is 0 Å². The van der Waals surface area contributed by atoms with Crippen LogP contribution in [-0.2, 0) is 4.79 Å². The number of rotatable bonds is 3. The molecule has 0 spiro atoms. The van der Waals surface area contributed by atoms with E-state index >= 15 is 0 Å². The summed E-state index contributed by atoms with van der Waals surface area (Å²) in [4.78, 5) is 10.2. The van der Waals surface area contributed by atoms with Crippen LogP contribution in [0.1, 0.15) is 19.3 Å². The molecule has 1 saturated carbocycles. The van der Waals surface area contributed by atoms with E-state index in [-0.39, 0.29) is 0 Å². The van der Waals surface area contributed by atoms with Crippen molar-refractivity contribution in [3.05, 3.63) is 0 Å². The first-order valence-corrected chi connectivity index (χ1v) is 3.62. The Morgan fingerprint density at radius 2 is 2.33 bits per heavy atom. The van der Waals surface area contributed by atoms with Crippen LogP contribution in [0.15, 0.2) is 0 Å². The normalized spacial score (nSPS) is 21.4. The highest BCUT2D eigenvalue weighted by Crippen LogP contribution is 2.34. The summed E-state index contributed by atoms with van der Waals surface area (Å²) < 4.78 is 0. The number of carbonyl (C=O) groups is 1. The van der Waals surface area contributed by atoms with E-state index in [0.29, 0.717) is 5.92 Å². The second-order valence-corrected chi connectivity index (χ2v) is 3.16. The molecule has 0 heterocycles. The molecule has 1 unspecified atom stereocenters. The molecular weight excluding hydrogens is 136 g/mol. The molecule has 1 aliphatic carbocycles. The molecule has 3 heteroatoms. The molecule has 9 heavy (non-hydrogen) atoms. The van der Waals surface area contributed by atoms with Crippen LogP contribution >= 0.6 is 12.6 Å². The Morgan fingerprint density at radius 1 is 1.78 bits per heavy atom. The van der Waals surface area contributed by atoms with E-state index in [9.17, 15) is 4.79 Å². The zero-order valence-electron chi connectivity index (χ0n) is 5.08. The summed E-state index contributed by atoms with van der Waals surface area (Å²) in [7, 11) is 0. The average molecular weight is 146 g/mol. The molecule has 2 nitrogen and oxygen atoms in total. The molecule has 1 rings (SSSR count). The smallest absolute Gasteiger partial charge is 0.316 e. The monoisotopic (exact) mass is 146 g/mol. The van der Waals surface area contributed by atoms with Crippen molar-refractivity contribution in [1.82, 2.24) is 0 Å². The van der Waals surface area contributed by atoms with Crippen LogP contribution in [0.25, 0.3) is 0 Å². The predicted octanol–water partition coefficient (Wildman–Crippen LogP) is 1.17. The molecule has 0 radical (unpaired) electrons. The summed E-state index contributed by atoms with van der Waals surface area (Å²) >= 11 is 3.90. The minimum Gasteiger partial charge on any atom is -0.480 e. The van der Waals surface area contributed by atoms with Gasteiger partial charge >= 0.3 is 5.97 Å². The van der Waals surface area contributed by atoms with Crippen molar-refractivity contribution in [2.75, 3.05) is 0 Å². The lowest BCUT2D eigenvalue weighted by atomic mass is 10.2. The van der Waals surface area contributed by atoms with Crippen molar-refractivity contribution in [2.24, 2.45) is 5.92 Å². The van der Waals surface area contributed by atoms with Crippen molar-refractivity contribution in [2.45, 2.75) is 24.5 Å². The molecule has 0 aromatic heterocycles. The molecule has 1 aliphatic rings. The van der Waals surface area contributed by atoms with Crippen LogP contribution in [0.3, 0.4) is 0 Å². The Balaban J connectivity index is 2.16. The Kier molecular flexibility index (Phi) is 2.01. The minimum absolute atomic E-state index is 0.433. The maximum Gasteiger partial charge on any atom is 0.316 e. The quantitative estimate of drug-likeness (QED) is 0.586. The van der Waals surface area contributed by atoms with Crippen molar-refractivity contribution in [3.8, 4) is 0 Å². The fraction of sp³-hybridized carbons (Fsp3) is 0.833. The molecule has 1 N–H and O–H groups in total. The van der Waals surface area contributed by atoms with Crippen LogP contribution in [-0.4, -0.2) is 16.3 Å². The van der Waals surface area contributed by atoms with Gasteiger partial charge in [0.15, 0.2) is 0 Å². The van der Waals surface area contributed by atoms with Gasteiger partial charge in [0.1, 0.15) is 0 Å². The van der Waals surface area contributed by atoms with Gasteiger partial charge in [-0.15, -0.1) is 0 Å². The lowest BCUT2D eigenvalue weighted by Gasteiger charge is -2.00. The minimum atomic E-state index is -0.787. The highest BCUT2D eigenvalue weighted by Gasteiger charge is 2.26. The number of hydrogen-bond acceptors (Lipinski definition) is 2. The third kappa shape index (κ3) is 2.26. The maximum absolute atomic E-state index is 10.2. The van der Waals surface area contributed by atoms with Crippen molar-refractivity contribution in [1.29, 1.82) is 0 Å². The average Bonchev–Trinajstić information content (AvgIpc) is 2.50. The Bertz CT molecular complexity index is 120. The maximum atomic E-state index is 10.2. The molecule has 0 amide bonds. The SMILES string of the molecule is O=C(O)C(S)CC1CC1. The molecule has 1 fully saturated rings. The van der Waals surface area contributed by atoms with Gasteiger partial charge in [-0.3, -0.25) is 4.79 Å². The third-order valence-electron chi connectivity index (χ3n) is 1.54. The molecule has 52 valence electrons. The van der Waals surface area contributed by atoms with Crippen molar-refractivity contribution < 1.29 is 9.90 Å². The molecule has 0 aromatic carbocycles. The predicted molar refractivity (Wildman–Crippen MR) is 37.8 cm³/mol. The van der Waals surface area contributed by atoms with Crippen LogP contribution in [0.4, 0.5) is 0 Å². The summed E-state index contributed by atoms with van der Waals surface area (Å²) in [6, 6.07) is 0. The topological polar surface area (TPSA) is 37.3 Å². The zero-order chi connectivity index (χ0) is 6.85. The Hall–Kier alpha value is -0.180. The van der Waals surface area contributed by atoms with E-state index in [0.717, 1.165) is 6.42 Å². The van der Waals surface area contributed by atoms with Gasteiger partial charge in [0.25, 0.3) is 0 Å². The first-order chi connectivity index (χ1) is 4.20. The highest BCUT2D eigenvalue weighted by molar-refractivity contribution is 7.81. The number of aliphatic carboxylic acids is 1. The standard InChI is InChI=1S/C6H10O2S/c7-6(8)5(9)3-4-1-2-4/h4-5,9H,1-3H2,(H,7,8). The zero-order valence-corrected chi connectivity index (χ0v) is 5.97. The fourth-order valence-corrected chi connectivity index (χ4v) is 1.07. The van der Waals surface area contributed by atoms with Crippen LogP contribution < -0.4 is 0 Å². The second-order valence-electron chi connectivity index (χ2n) is 2.53. The number of hydrogen-bond donors (Lipinski definition) is 2. The van der Waals surface area contributed by atoms with E-state index in [1.807, 2.05) is 0 Å². The summed E-state index contributed by atoms with van der Waals surface area (Å²) in [6.45, 7) is 0. The number of carboxylic acid groups (broad SMARTS) is 1.